The topological polar surface area (TPSA) is 74.0 Å². The highest BCUT2D eigenvalue weighted by atomic mass is 32.1. The molecule has 0 spiro atoms. The Bertz CT molecular complexity index is 986. The molecule has 3 aromatic rings. The number of aromatic amines is 1. The number of carbonyl (C=O) groups is 2. The first kappa shape index (κ1) is 19.9. The third-order valence-corrected chi connectivity index (χ3v) is 5.23. The van der Waals surface area contributed by atoms with Crippen molar-refractivity contribution in [2.75, 3.05) is 0 Å². The second kappa shape index (κ2) is 8.89. The monoisotopic (exact) mass is 395 g/mol. The molecule has 6 heteroatoms. The minimum Gasteiger partial charge on any atom is -0.361 e. The number of amides is 2. The Hall–Kier alpha value is -2.86. The predicted octanol–water partition coefficient (Wildman–Crippen LogP) is 3.88. The van der Waals surface area contributed by atoms with Gasteiger partial charge in [0.15, 0.2) is 0 Å². The molecule has 2 heterocycles. The average Bonchev–Trinajstić information content (AvgIpc) is 3.30. The van der Waals surface area contributed by atoms with Crippen LogP contribution < -0.4 is 10.6 Å². The molecule has 1 aromatic carbocycles. The number of aromatic nitrogens is 1. The van der Waals surface area contributed by atoms with Crippen molar-refractivity contribution < 1.29 is 9.59 Å². The molecule has 5 nitrogen and oxygen atoms in total. The molecule has 3 N–H and O–H groups in total. The Labute approximate surface area is 168 Å². The van der Waals surface area contributed by atoms with Gasteiger partial charge in [0.05, 0.1) is 0 Å². The van der Waals surface area contributed by atoms with Crippen LogP contribution in [0.5, 0.6) is 0 Å². The van der Waals surface area contributed by atoms with E-state index in [-0.39, 0.29) is 17.9 Å². The maximum atomic E-state index is 12.7. The fraction of sp³-hybridized carbons (Fsp3) is 0.273. The Morgan fingerprint density at radius 1 is 1.14 bits per heavy atom. The number of hydrogen-bond acceptors (Lipinski definition) is 3. The van der Waals surface area contributed by atoms with E-state index in [0.717, 1.165) is 21.3 Å². The van der Waals surface area contributed by atoms with E-state index in [1.165, 1.54) is 0 Å². The van der Waals surface area contributed by atoms with Crippen LogP contribution in [0, 0.1) is 0 Å². The maximum absolute atomic E-state index is 12.7. The molecule has 0 saturated heterocycles. The molecule has 0 aliphatic heterocycles. The van der Waals surface area contributed by atoms with Crippen molar-refractivity contribution in [1.29, 1.82) is 0 Å². The average molecular weight is 396 g/mol. The number of rotatable bonds is 7. The van der Waals surface area contributed by atoms with Crippen molar-refractivity contribution in [3.63, 3.8) is 0 Å². The molecule has 0 bridgehead atoms. The van der Waals surface area contributed by atoms with Crippen molar-refractivity contribution in [2.24, 2.45) is 0 Å². The van der Waals surface area contributed by atoms with Gasteiger partial charge in [0.1, 0.15) is 6.04 Å². The lowest BCUT2D eigenvalue weighted by atomic mass is 10.0. The zero-order chi connectivity index (χ0) is 20.1. The zero-order valence-corrected chi connectivity index (χ0v) is 17.1. The molecule has 146 valence electrons. The minimum absolute atomic E-state index is 0.00220. The molecule has 0 radical (unpaired) electrons. The van der Waals surface area contributed by atoms with Crippen LogP contribution in [-0.4, -0.2) is 28.9 Å². The molecular weight excluding hydrogens is 370 g/mol. The quantitative estimate of drug-likeness (QED) is 0.531. The van der Waals surface area contributed by atoms with Gasteiger partial charge in [-0.25, -0.2) is 0 Å². The van der Waals surface area contributed by atoms with Gasteiger partial charge in [-0.3, -0.25) is 9.59 Å². The Kier molecular flexibility index (Phi) is 6.31. The van der Waals surface area contributed by atoms with Gasteiger partial charge in [-0.2, -0.15) is 0 Å². The van der Waals surface area contributed by atoms with Crippen LogP contribution in [0.3, 0.4) is 0 Å². The highest BCUT2D eigenvalue weighted by Gasteiger charge is 2.23. The smallest absolute Gasteiger partial charge is 0.247 e. The van der Waals surface area contributed by atoms with Gasteiger partial charge in [0.25, 0.3) is 0 Å². The third-order valence-electron chi connectivity index (χ3n) is 4.41. The molecule has 2 aromatic heterocycles. The van der Waals surface area contributed by atoms with Gasteiger partial charge in [-0.15, -0.1) is 11.3 Å². The first-order chi connectivity index (χ1) is 13.4. The summed E-state index contributed by atoms with van der Waals surface area (Å²) in [5.74, 6) is -0.422. The number of thiophene rings is 1. The molecule has 3 rings (SSSR count). The molecule has 28 heavy (non-hydrogen) atoms. The molecule has 1 atom stereocenters. The van der Waals surface area contributed by atoms with Crippen LogP contribution >= 0.6 is 11.3 Å². The summed E-state index contributed by atoms with van der Waals surface area (Å²) < 4.78 is 0. The Morgan fingerprint density at radius 3 is 2.64 bits per heavy atom. The van der Waals surface area contributed by atoms with Gasteiger partial charge in [-0.1, -0.05) is 24.3 Å². The molecule has 0 aliphatic rings. The van der Waals surface area contributed by atoms with Crippen LogP contribution in [0.25, 0.3) is 17.0 Å². The Morgan fingerprint density at radius 2 is 1.93 bits per heavy atom. The fourth-order valence-corrected chi connectivity index (χ4v) is 3.76. The number of hydrogen-bond donors (Lipinski definition) is 3. The predicted molar refractivity (Wildman–Crippen MR) is 115 cm³/mol. The summed E-state index contributed by atoms with van der Waals surface area (Å²) in [6, 6.07) is 11.2. The zero-order valence-electron chi connectivity index (χ0n) is 16.3. The molecule has 2 amide bonds. The van der Waals surface area contributed by atoms with E-state index in [0.29, 0.717) is 12.0 Å². The minimum atomic E-state index is -0.652. The maximum Gasteiger partial charge on any atom is 0.247 e. The van der Waals surface area contributed by atoms with E-state index in [1.54, 1.807) is 18.3 Å². The van der Waals surface area contributed by atoms with E-state index >= 15 is 0 Å². The molecular formula is C22H25N3O2S. The lowest BCUT2D eigenvalue weighted by molar-refractivity contribution is -0.127. The normalized spacial score (nSPS) is 12.9. The third kappa shape index (κ3) is 4.89. The van der Waals surface area contributed by atoms with Crippen LogP contribution in [0.4, 0.5) is 0 Å². The summed E-state index contributed by atoms with van der Waals surface area (Å²) in [5, 5.41) is 8.85. The number of fused-ring (bicyclic) bond motifs is 1. The van der Waals surface area contributed by atoms with Gasteiger partial charge in [-0.05, 0) is 49.9 Å². The number of nitrogens with one attached hydrogen (secondary N) is 3. The van der Waals surface area contributed by atoms with E-state index in [1.807, 2.05) is 67.9 Å². The number of benzene rings is 1. The SMILES string of the molecule is C/C(=C\c1cccs1)C(=O)N[C@@H](Cc1c[nH]c2ccccc12)C(=O)NC(C)C. The largest absolute Gasteiger partial charge is 0.361 e. The van der Waals surface area contributed by atoms with Crippen molar-refractivity contribution in [3.8, 4) is 0 Å². The number of para-hydroxylation sites is 1. The molecule has 0 unspecified atom stereocenters. The van der Waals surface area contributed by atoms with E-state index in [2.05, 4.69) is 15.6 Å². The summed E-state index contributed by atoms with van der Waals surface area (Å²) in [7, 11) is 0. The van der Waals surface area contributed by atoms with Crippen LogP contribution in [0.15, 0.2) is 53.5 Å². The van der Waals surface area contributed by atoms with E-state index in [9.17, 15) is 9.59 Å². The second-order valence-corrected chi connectivity index (χ2v) is 8.08. The lowest BCUT2D eigenvalue weighted by Crippen LogP contribution is -2.49. The number of carbonyl (C=O) groups excluding carboxylic acids is 2. The summed E-state index contributed by atoms with van der Waals surface area (Å²) in [6.45, 7) is 5.58. The van der Waals surface area contributed by atoms with Gasteiger partial charge in [0.2, 0.25) is 11.8 Å². The van der Waals surface area contributed by atoms with Crippen molar-refractivity contribution >= 4 is 40.1 Å². The fourth-order valence-electron chi connectivity index (χ4n) is 3.04. The van der Waals surface area contributed by atoms with Gasteiger partial charge >= 0.3 is 0 Å². The highest BCUT2D eigenvalue weighted by Crippen LogP contribution is 2.19. The molecule has 0 saturated carbocycles. The summed E-state index contributed by atoms with van der Waals surface area (Å²) in [4.78, 5) is 29.7. The molecule has 0 fully saturated rings. The van der Waals surface area contributed by atoms with Crippen LogP contribution in [0.2, 0.25) is 0 Å². The highest BCUT2D eigenvalue weighted by molar-refractivity contribution is 7.10. The van der Waals surface area contributed by atoms with Gasteiger partial charge in [0, 0.05) is 40.0 Å². The summed E-state index contributed by atoms with van der Waals surface area (Å²) in [5.41, 5.74) is 2.59. The summed E-state index contributed by atoms with van der Waals surface area (Å²) in [6.07, 6.45) is 4.16. The lowest BCUT2D eigenvalue weighted by Gasteiger charge is -2.20. The van der Waals surface area contributed by atoms with E-state index in [4.69, 9.17) is 0 Å². The van der Waals surface area contributed by atoms with E-state index < -0.39 is 6.04 Å². The summed E-state index contributed by atoms with van der Waals surface area (Å²) >= 11 is 1.57. The van der Waals surface area contributed by atoms with Crippen molar-refractivity contribution in [1.82, 2.24) is 15.6 Å². The van der Waals surface area contributed by atoms with Crippen LogP contribution in [0.1, 0.15) is 31.2 Å². The second-order valence-electron chi connectivity index (χ2n) is 7.10. The number of H-pyrrole nitrogens is 1. The Balaban J connectivity index is 1.80. The standard InChI is InChI=1S/C22H25N3O2S/c1-14(2)24-22(27)20(12-16-13-23-19-9-5-4-8-18(16)19)25-21(26)15(3)11-17-7-6-10-28-17/h4-11,13-14,20,23H,12H2,1-3H3,(H,24,27)(H,25,26)/b15-11+/t20-/m0/s1. The van der Waals surface area contributed by atoms with Crippen molar-refractivity contribution in [2.45, 2.75) is 39.3 Å². The van der Waals surface area contributed by atoms with Crippen molar-refractivity contribution in [3.05, 3.63) is 64.0 Å². The first-order valence-corrected chi connectivity index (χ1v) is 10.2. The first-order valence-electron chi connectivity index (χ1n) is 9.32. The van der Waals surface area contributed by atoms with Crippen LogP contribution in [-0.2, 0) is 16.0 Å². The van der Waals surface area contributed by atoms with Gasteiger partial charge < -0.3 is 15.6 Å². The molecule has 0 aliphatic carbocycles.